The molecule has 0 saturated carbocycles. The molecule has 0 radical (unpaired) electrons. The van der Waals surface area contributed by atoms with Crippen LogP contribution in [0.1, 0.15) is 17.3 Å². The van der Waals surface area contributed by atoms with Gasteiger partial charge in [-0.1, -0.05) is 5.16 Å². The first-order chi connectivity index (χ1) is 10.8. The Morgan fingerprint density at radius 3 is 2.74 bits per heavy atom. The van der Waals surface area contributed by atoms with Crippen LogP contribution < -0.4 is 5.56 Å². The van der Waals surface area contributed by atoms with Gasteiger partial charge in [-0.3, -0.25) is 9.48 Å². The fourth-order valence-corrected chi connectivity index (χ4v) is 1.83. The fraction of sp³-hybridized carbons (Fsp3) is 0.250. The molecular weight excluding hydrogens is 317 g/mol. The van der Waals surface area contributed by atoms with Gasteiger partial charge in [0.15, 0.2) is 5.69 Å². The van der Waals surface area contributed by atoms with Crippen LogP contribution in [0.25, 0.3) is 11.5 Å². The predicted molar refractivity (Wildman–Crippen MR) is 69.2 cm³/mol. The molecule has 0 bridgehead atoms. The molecule has 0 saturated heterocycles. The second-order valence-corrected chi connectivity index (χ2v) is 4.64. The van der Waals surface area contributed by atoms with Gasteiger partial charge >= 0.3 is 6.18 Å². The number of aromatic amines is 1. The van der Waals surface area contributed by atoms with Crippen LogP contribution in [0.15, 0.2) is 27.5 Å². The third kappa shape index (κ3) is 3.12. The molecule has 3 aromatic rings. The van der Waals surface area contributed by atoms with E-state index in [9.17, 15) is 18.0 Å². The molecule has 0 aliphatic rings. The summed E-state index contributed by atoms with van der Waals surface area (Å²) in [7, 11) is 0. The topological polar surface area (TPSA) is 102 Å². The average Bonchev–Trinajstić information content (AvgIpc) is 3.08. The van der Waals surface area contributed by atoms with Crippen LogP contribution >= 0.6 is 0 Å². The lowest BCUT2D eigenvalue weighted by atomic mass is 10.3. The maximum atomic E-state index is 12.6. The largest absolute Gasteiger partial charge is 0.435 e. The molecule has 1 N–H and O–H groups in total. The number of H-pyrrole nitrogens is 1. The highest BCUT2D eigenvalue weighted by Crippen LogP contribution is 2.28. The molecule has 0 atom stereocenters. The van der Waals surface area contributed by atoms with Crippen molar-refractivity contribution >= 4 is 0 Å². The lowest BCUT2D eigenvalue weighted by Crippen LogP contribution is -2.09. The van der Waals surface area contributed by atoms with Crippen molar-refractivity contribution in [3.05, 3.63) is 45.8 Å². The predicted octanol–water partition coefficient (Wildman–Crippen LogP) is 1.39. The molecule has 3 heterocycles. The minimum atomic E-state index is -4.52. The van der Waals surface area contributed by atoms with Gasteiger partial charge in [0.25, 0.3) is 5.56 Å². The second-order valence-electron chi connectivity index (χ2n) is 4.64. The third-order valence-corrected chi connectivity index (χ3v) is 2.93. The Kier molecular flexibility index (Phi) is 3.47. The lowest BCUT2D eigenvalue weighted by Gasteiger charge is -2.01. The van der Waals surface area contributed by atoms with Crippen molar-refractivity contribution in [3.63, 3.8) is 0 Å². The van der Waals surface area contributed by atoms with Gasteiger partial charge in [0.05, 0.1) is 0 Å². The Balaban J connectivity index is 1.83. The van der Waals surface area contributed by atoms with Gasteiger partial charge in [0.2, 0.25) is 11.7 Å². The first-order valence-corrected chi connectivity index (χ1v) is 6.33. The molecule has 3 aromatic heterocycles. The molecule has 120 valence electrons. The van der Waals surface area contributed by atoms with Crippen molar-refractivity contribution in [1.82, 2.24) is 30.1 Å². The molecule has 23 heavy (non-hydrogen) atoms. The number of aromatic nitrogens is 6. The Labute approximate surface area is 125 Å². The SMILES string of the molecule is Cc1cc(C(F)(F)F)nn1Cc1nc(-c2ccc(=O)[nH]n2)no1. The molecule has 8 nitrogen and oxygen atoms in total. The van der Waals surface area contributed by atoms with Crippen molar-refractivity contribution in [2.75, 3.05) is 0 Å². The van der Waals surface area contributed by atoms with E-state index in [1.54, 1.807) is 0 Å². The number of nitrogens with one attached hydrogen (secondary N) is 1. The molecular formula is C12H9F3N6O2. The first kappa shape index (κ1) is 14.9. The first-order valence-electron chi connectivity index (χ1n) is 6.33. The van der Waals surface area contributed by atoms with Crippen LogP contribution in [0, 0.1) is 6.92 Å². The summed E-state index contributed by atoms with van der Waals surface area (Å²) >= 11 is 0. The van der Waals surface area contributed by atoms with Crippen LogP contribution in [0.2, 0.25) is 0 Å². The van der Waals surface area contributed by atoms with E-state index < -0.39 is 11.9 Å². The van der Waals surface area contributed by atoms with Crippen molar-refractivity contribution in [2.45, 2.75) is 19.6 Å². The second kappa shape index (κ2) is 5.34. The van der Waals surface area contributed by atoms with E-state index in [0.29, 0.717) is 5.69 Å². The van der Waals surface area contributed by atoms with E-state index in [1.165, 1.54) is 19.1 Å². The normalized spacial score (nSPS) is 11.8. The maximum absolute atomic E-state index is 12.6. The summed E-state index contributed by atoms with van der Waals surface area (Å²) < 4.78 is 43.9. The van der Waals surface area contributed by atoms with Gasteiger partial charge in [-0.2, -0.15) is 28.4 Å². The molecule has 0 aliphatic carbocycles. The van der Waals surface area contributed by atoms with Crippen molar-refractivity contribution in [1.29, 1.82) is 0 Å². The molecule has 0 aliphatic heterocycles. The van der Waals surface area contributed by atoms with Gasteiger partial charge in [0, 0.05) is 11.8 Å². The number of nitrogens with zero attached hydrogens (tertiary/aromatic N) is 5. The van der Waals surface area contributed by atoms with Gasteiger partial charge < -0.3 is 4.52 Å². The monoisotopic (exact) mass is 326 g/mol. The van der Waals surface area contributed by atoms with E-state index in [0.717, 1.165) is 10.7 Å². The summed E-state index contributed by atoms with van der Waals surface area (Å²) in [5.41, 5.74) is -0.798. The molecule has 3 rings (SSSR count). The van der Waals surface area contributed by atoms with Crippen molar-refractivity contribution in [3.8, 4) is 11.5 Å². The third-order valence-electron chi connectivity index (χ3n) is 2.93. The minimum absolute atomic E-state index is 0.0629. The number of rotatable bonds is 3. The van der Waals surface area contributed by atoms with Gasteiger partial charge in [-0.25, -0.2) is 5.10 Å². The van der Waals surface area contributed by atoms with E-state index in [2.05, 4.69) is 25.4 Å². The zero-order chi connectivity index (χ0) is 16.6. The van der Waals surface area contributed by atoms with Gasteiger partial charge in [-0.15, -0.1) is 0 Å². The van der Waals surface area contributed by atoms with Crippen LogP contribution in [0.4, 0.5) is 13.2 Å². The number of halogens is 3. The Hall–Kier alpha value is -2.98. The Morgan fingerprint density at radius 1 is 1.35 bits per heavy atom. The molecule has 0 amide bonds. The number of alkyl halides is 3. The quantitative estimate of drug-likeness (QED) is 0.780. The molecule has 0 aromatic carbocycles. The number of hydrogen-bond acceptors (Lipinski definition) is 6. The van der Waals surface area contributed by atoms with Crippen molar-refractivity contribution < 1.29 is 17.7 Å². The summed E-state index contributed by atoms with van der Waals surface area (Å²) in [6.45, 7) is 1.38. The number of hydrogen-bond donors (Lipinski definition) is 1. The van der Waals surface area contributed by atoms with E-state index >= 15 is 0 Å². The average molecular weight is 326 g/mol. The van der Waals surface area contributed by atoms with Crippen LogP contribution in [-0.2, 0) is 12.7 Å². The molecule has 11 heteroatoms. The number of aryl methyl sites for hydroxylation is 1. The lowest BCUT2D eigenvalue weighted by molar-refractivity contribution is -0.141. The van der Waals surface area contributed by atoms with Crippen LogP contribution in [0.5, 0.6) is 0 Å². The summed E-state index contributed by atoms with van der Waals surface area (Å²) in [5, 5.41) is 13.1. The molecule has 0 fully saturated rings. The molecule has 0 unspecified atom stereocenters. The van der Waals surface area contributed by atoms with Crippen molar-refractivity contribution in [2.24, 2.45) is 0 Å². The Bertz CT molecular complexity index is 874. The molecule has 0 spiro atoms. The minimum Gasteiger partial charge on any atom is -0.337 e. The van der Waals surface area contributed by atoms with Gasteiger partial charge in [-0.05, 0) is 19.1 Å². The van der Waals surface area contributed by atoms with E-state index in [1.807, 2.05) is 0 Å². The summed E-state index contributed by atoms with van der Waals surface area (Å²) in [6, 6.07) is 3.57. The Morgan fingerprint density at radius 2 is 2.13 bits per heavy atom. The summed E-state index contributed by atoms with van der Waals surface area (Å²) in [5.74, 6) is 0.171. The summed E-state index contributed by atoms with van der Waals surface area (Å²) in [6.07, 6.45) is -4.52. The highest BCUT2D eigenvalue weighted by atomic mass is 19.4. The van der Waals surface area contributed by atoms with E-state index in [4.69, 9.17) is 4.52 Å². The summed E-state index contributed by atoms with van der Waals surface area (Å²) in [4.78, 5) is 14.9. The fourth-order valence-electron chi connectivity index (χ4n) is 1.83. The standard InChI is InChI=1S/C12H9F3N6O2/c1-6-4-8(12(13,14)15)19-21(6)5-10-16-11(20-23-10)7-2-3-9(22)18-17-7/h2-4H,5H2,1H3,(H,18,22). The maximum Gasteiger partial charge on any atom is 0.435 e. The zero-order valence-electron chi connectivity index (χ0n) is 11.6. The van der Waals surface area contributed by atoms with Crippen LogP contribution in [0.3, 0.4) is 0 Å². The zero-order valence-corrected chi connectivity index (χ0v) is 11.6. The smallest absolute Gasteiger partial charge is 0.337 e. The van der Waals surface area contributed by atoms with Crippen LogP contribution in [-0.4, -0.2) is 30.1 Å². The van der Waals surface area contributed by atoms with Gasteiger partial charge in [0.1, 0.15) is 12.2 Å². The highest BCUT2D eigenvalue weighted by Gasteiger charge is 2.34. The van der Waals surface area contributed by atoms with E-state index in [-0.39, 0.29) is 29.5 Å². The highest BCUT2D eigenvalue weighted by molar-refractivity contribution is 5.46.